The summed E-state index contributed by atoms with van der Waals surface area (Å²) < 4.78 is 10.9. The summed E-state index contributed by atoms with van der Waals surface area (Å²) in [4.78, 5) is 42.8. The van der Waals surface area contributed by atoms with Crippen LogP contribution in [0.15, 0.2) is 18.3 Å². The maximum atomic E-state index is 13.1. The van der Waals surface area contributed by atoms with E-state index in [4.69, 9.17) is 9.47 Å². The van der Waals surface area contributed by atoms with E-state index < -0.39 is 17.5 Å². The van der Waals surface area contributed by atoms with Crippen LogP contribution in [0, 0.1) is 5.92 Å². The first-order valence-electron chi connectivity index (χ1n) is 8.40. The van der Waals surface area contributed by atoms with Crippen LogP contribution in [-0.4, -0.2) is 53.6 Å². The van der Waals surface area contributed by atoms with Crippen LogP contribution in [0.25, 0.3) is 0 Å². The topological polar surface area (TPSA) is 110 Å². The molecular formula is C17H22N4O5. The molecule has 9 nitrogen and oxygen atoms in total. The lowest BCUT2D eigenvalue weighted by molar-refractivity contribution is -0.162. The molecule has 2 atom stereocenters. The predicted octanol–water partition coefficient (Wildman–Crippen LogP) is 0.565. The molecule has 2 aliphatic heterocycles. The van der Waals surface area contributed by atoms with Gasteiger partial charge in [-0.1, -0.05) is 13.8 Å². The van der Waals surface area contributed by atoms with Gasteiger partial charge < -0.3 is 20.1 Å². The smallest absolute Gasteiger partial charge is 0.406 e. The second-order valence-corrected chi connectivity index (χ2v) is 6.67. The fraction of sp³-hybridized carbons (Fsp3) is 0.529. The summed E-state index contributed by atoms with van der Waals surface area (Å²) in [6.45, 7) is 5.38. The van der Waals surface area contributed by atoms with E-state index in [0.717, 1.165) is 0 Å². The molecule has 0 bridgehead atoms. The molecule has 1 saturated heterocycles. The van der Waals surface area contributed by atoms with Gasteiger partial charge in [-0.25, -0.2) is 4.79 Å². The normalized spacial score (nSPS) is 26.6. The molecule has 2 unspecified atom stereocenters. The number of rotatable bonds is 5. The van der Waals surface area contributed by atoms with Crippen LogP contribution in [-0.2, 0) is 20.1 Å². The number of hydrogen-bond acceptors (Lipinski definition) is 6. The number of carbonyl (C=O) groups excluding carboxylic acids is 3. The molecule has 26 heavy (non-hydrogen) atoms. The van der Waals surface area contributed by atoms with E-state index in [9.17, 15) is 14.4 Å². The van der Waals surface area contributed by atoms with Crippen LogP contribution >= 0.6 is 0 Å². The van der Waals surface area contributed by atoms with E-state index in [1.165, 1.54) is 11.9 Å². The quantitative estimate of drug-likeness (QED) is 0.741. The number of nitrogens with zero attached hydrogens (tertiary/aromatic N) is 2. The van der Waals surface area contributed by atoms with Crippen LogP contribution in [0.5, 0.6) is 0 Å². The summed E-state index contributed by atoms with van der Waals surface area (Å²) >= 11 is 0. The zero-order chi connectivity index (χ0) is 19.1. The fourth-order valence-corrected chi connectivity index (χ4v) is 3.34. The minimum absolute atomic E-state index is 0.0261. The zero-order valence-corrected chi connectivity index (χ0v) is 15.2. The molecule has 0 aromatic carbocycles. The minimum Gasteiger partial charge on any atom is -0.447 e. The van der Waals surface area contributed by atoms with Crippen molar-refractivity contribution < 1.29 is 23.9 Å². The second-order valence-electron chi connectivity index (χ2n) is 6.67. The van der Waals surface area contributed by atoms with Crippen molar-refractivity contribution in [3.8, 4) is 0 Å². The summed E-state index contributed by atoms with van der Waals surface area (Å²) in [5.41, 5.74) is -0.381. The summed E-state index contributed by atoms with van der Waals surface area (Å²) in [6.07, 6.45) is 0.949. The summed E-state index contributed by atoms with van der Waals surface area (Å²) in [6, 6.07) is 3.32. The maximum Gasteiger partial charge on any atom is 0.406 e. The Morgan fingerprint density at radius 2 is 2.12 bits per heavy atom. The third kappa shape index (κ3) is 2.34. The highest BCUT2D eigenvalue weighted by molar-refractivity contribution is 6.06. The van der Waals surface area contributed by atoms with Gasteiger partial charge in [-0.3, -0.25) is 19.5 Å². The highest BCUT2D eigenvalue weighted by Crippen LogP contribution is 2.48. The van der Waals surface area contributed by atoms with Gasteiger partial charge in [0.2, 0.25) is 5.91 Å². The number of pyridine rings is 1. The molecule has 2 N–H and O–H groups in total. The van der Waals surface area contributed by atoms with Crippen molar-refractivity contribution in [2.45, 2.75) is 32.2 Å². The van der Waals surface area contributed by atoms with Crippen molar-refractivity contribution in [1.29, 1.82) is 0 Å². The number of aromatic nitrogens is 1. The standard InChI is InChI=1S/C17H22N4O5/c1-10(2)16(3)14(23)20-17(26-9-8-25-15(24)18-4)12-11(6-5-7-19-12)13(22)21(16)17/h5-7,10H,8-9H2,1-4H3,(H,18,24)(H,20,23). The Morgan fingerprint density at radius 1 is 1.38 bits per heavy atom. The number of alkyl carbamates (subject to hydrolysis) is 1. The molecule has 0 radical (unpaired) electrons. The van der Waals surface area contributed by atoms with E-state index >= 15 is 0 Å². The van der Waals surface area contributed by atoms with Gasteiger partial charge in [0.15, 0.2) is 0 Å². The average Bonchev–Trinajstić information content (AvgIpc) is 3.01. The third-order valence-corrected chi connectivity index (χ3v) is 5.04. The molecule has 3 amide bonds. The molecular weight excluding hydrogens is 340 g/mol. The van der Waals surface area contributed by atoms with Gasteiger partial charge in [-0.2, -0.15) is 0 Å². The van der Waals surface area contributed by atoms with Crippen LogP contribution in [0.3, 0.4) is 0 Å². The second kappa shape index (κ2) is 6.24. The van der Waals surface area contributed by atoms with Crippen molar-refractivity contribution in [3.05, 3.63) is 29.6 Å². The molecule has 1 aromatic heterocycles. The molecule has 0 saturated carbocycles. The first-order valence-corrected chi connectivity index (χ1v) is 8.40. The predicted molar refractivity (Wildman–Crippen MR) is 89.8 cm³/mol. The maximum absolute atomic E-state index is 13.1. The highest BCUT2D eigenvalue weighted by atomic mass is 16.6. The van der Waals surface area contributed by atoms with E-state index in [1.54, 1.807) is 25.3 Å². The van der Waals surface area contributed by atoms with Gasteiger partial charge in [-0.15, -0.1) is 0 Å². The Morgan fingerprint density at radius 3 is 2.77 bits per heavy atom. The number of carbonyl (C=O) groups is 3. The van der Waals surface area contributed by atoms with Crippen molar-refractivity contribution in [3.63, 3.8) is 0 Å². The largest absolute Gasteiger partial charge is 0.447 e. The van der Waals surface area contributed by atoms with Crippen LogP contribution in [0.1, 0.15) is 36.8 Å². The van der Waals surface area contributed by atoms with Gasteiger partial charge in [0.05, 0.1) is 12.2 Å². The number of hydrogen-bond donors (Lipinski definition) is 2. The Kier molecular flexibility index (Phi) is 4.35. The molecule has 0 spiro atoms. The van der Waals surface area contributed by atoms with Gasteiger partial charge in [0.25, 0.3) is 11.8 Å². The lowest BCUT2D eigenvalue weighted by Crippen LogP contribution is -2.56. The number of nitrogens with one attached hydrogen (secondary N) is 2. The molecule has 1 fully saturated rings. The number of amides is 3. The first kappa shape index (κ1) is 18.1. The molecule has 2 aliphatic rings. The fourth-order valence-electron chi connectivity index (χ4n) is 3.34. The van der Waals surface area contributed by atoms with Crippen LogP contribution in [0.2, 0.25) is 0 Å². The molecule has 9 heteroatoms. The van der Waals surface area contributed by atoms with Crippen molar-refractivity contribution in [2.24, 2.45) is 5.92 Å². The van der Waals surface area contributed by atoms with E-state index in [0.29, 0.717) is 11.3 Å². The minimum atomic E-state index is -1.50. The Balaban J connectivity index is 1.97. The number of fused-ring (bicyclic) bond motifs is 3. The van der Waals surface area contributed by atoms with E-state index in [-0.39, 0.29) is 30.9 Å². The monoisotopic (exact) mass is 362 g/mol. The van der Waals surface area contributed by atoms with Gasteiger partial charge >= 0.3 is 6.09 Å². The van der Waals surface area contributed by atoms with Crippen LogP contribution in [0.4, 0.5) is 4.79 Å². The lowest BCUT2D eigenvalue weighted by Gasteiger charge is -2.39. The Bertz CT molecular complexity index is 767. The van der Waals surface area contributed by atoms with E-state index in [2.05, 4.69) is 15.6 Å². The average molecular weight is 362 g/mol. The zero-order valence-electron chi connectivity index (χ0n) is 15.2. The summed E-state index contributed by atoms with van der Waals surface area (Å²) in [5.74, 6) is -2.30. The van der Waals surface area contributed by atoms with Crippen molar-refractivity contribution in [2.75, 3.05) is 20.3 Å². The lowest BCUT2D eigenvalue weighted by atomic mass is 9.87. The molecule has 1 aromatic rings. The van der Waals surface area contributed by atoms with Crippen molar-refractivity contribution >= 4 is 17.9 Å². The number of ether oxygens (including phenoxy) is 2. The van der Waals surface area contributed by atoms with Gasteiger partial charge in [0, 0.05) is 13.2 Å². The van der Waals surface area contributed by atoms with Gasteiger partial charge in [-0.05, 0) is 25.0 Å². The summed E-state index contributed by atoms with van der Waals surface area (Å²) in [5, 5.41) is 5.15. The molecule has 3 rings (SSSR count). The van der Waals surface area contributed by atoms with Crippen molar-refractivity contribution in [1.82, 2.24) is 20.5 Å². The van der Waals surface area contributed by atoms with Crippen LogP contribution < -0.4 is 10.6 Å². The SMILES string of the molecule is CNC(=O)OCCOC12NC(=O)C(C)(C(C)C)N1C(=O)c1cccnc12. The first-order chi connectivity index (χ1) is 12.3. The summed E-state index contributed by atoms with van der Waals surface area (Å²) in [7, 11) is 1.45. The molecule has 140 valence electrons. The third-order valence-electron chi connectivity index (χ3n) is 5.04. The highest BCUT2D eigenvalue weighted by Gasteiger charge is 2.68. The van der Waals surface area contributed by atoms with Gasteiger partial charge in [0.1, 0.15) is 17.8 Å². The van der Waals surface area contributed by atoms with E-state index in [1.807, 2.05) is 13.8 Å². The molecule has 3 heterocycles. The Labute approximate surface area is 151 Å². The Hall–Kier alpha value is -2.68. The molecule has 0 aliphatic carbocycles.